The van der Waals surface area contributed by atoms with E-state index in [1.165, 1.54) is 29.1 Å². The van der Waals surface area contributed by atoms with Crippen LogP contribution in [0, 0.1) is 0 Å². The molecule has 5 nitrogen and oxygen atoms in total. The molecule has 0 atom stereocenters. The Morgan fingerprint density at radius 1 is 1.19 bits per heavy atom. The average molecular weight is 499 g/mol. The molecule has 0 bridgehead atoms. The highest BCUT2D eigenvalue weighted by atomic mass is 127. The third-order valence-electron chi connectivity index (χ3n) is 4.76. The minimum Gasteiger partial charge on any atom is -0.356 e. The van der Waals surface area contributed by atoms with E-state index in [9.17, 15) is 0 Å². The van der Waals surface area contributed by atoms with Gasteiger partial charge in [-0.1, -0.05) is 31.2 Å². The molecule has 0 saturated carbocycles. The second kappa shape index (κ2) is 11.5. The van der Waals surface area contributed by atoms with Gasteiger partial charge in [-0.05, 0) is 30.4 Å². The van der Waals surface area contributed by atoms with Crippen molar-refractivity contribution in [2.45, 2.75) is 39.2 Å². The number of anilines is 1. The van der Waals surface area contributed by atoms with Crippen LogP contribution in [0.1, 0.15) is 36.6 Å². The number of aliphatic imine (C=N–C) groups is 1. The van der Waals surface area contributed by atoms with Crippen molar-refractivity contribution in [2.24, 2.45) is 4.99 Å². The maximum atomic E-state index is 4.78. The van der Waals surface area contributed by atoms with Crippen molar-refractivity contribution in [1.82, 2.24) is 15.6 Å². The Kier molecular flexibility index (Phi) is 9.33. The number of halogens is 1. The van der Waals surface area contributed by atoms with E-state index in [4.69, 9.17) is 4.98 Å². The fraction of sp³-hybridized carbons (Fsp3) is 0.500. The maximum absolute atomic E-state index is 4.78. The normalized spacial score (nSPS) is 14.1. The van der Waals surface area contributed by atoms with Gasteiger partial charge < -0.3 is 15.5 Å². The molecule has 2 heterocycles. The molecule has 0 radical (unpaired) electrons. The Morgan fingerprint density at radius 3 is 2.63 bits per heavy atom. The molecule has 0 amide bonds. The molecular formula is C20H30IN5S. The molecule has 1 aliphatic rings. The molecular weight excluding hydrogens is 469 g/mol. The molecule has 1 saturated heterocycles. The Hall–Kier alpha value is -1.35. The second-order valence-electron chi connectivity index (χ2n) is 6.54. The number of aryl methyl sites for hydroxylation is 1. The number of aromatic nitrogens is 1. The Bertz CT molecular complexity index is 725. The molecule has 27 heavy (non-hydrogen) atoms. The van der Waals surface area contributed by atoms with Gasteiger partial charge in [0.05, 0.1) is 5.69 Å². The van der Waals surface area contributed by atoms with Gasteiger partial charge in [0.2, 0.25) is 0 Å². The van der Waals surface area contributed by atoms with E-state index in [1.807, 2.05) is 7.05 Å². The number of rotatable bonds is 7. The topological polar surface area (TPSA) is 52.6 Å². The first-order valence-corrected chi connectivity index (χ1v) is 10.4. The van der Waals surface area contributed by atoms with Gasteiger partial charge in [-0.3, -0.25) is 4.99 Å². The highest BCUT2D eigenvalue weighted by molar-refractivity contribution is 14.0. The van der Waals surface area contributed by atoms with Crippen LogP contribution in [0.25, 0.3) is 0 Å². The number of hydrogen-bond donors (Lipinski definition) is 2. The Labute approximate surface area is 183 Å². The van der Waals surface area contributed by atoms with Crippen molar-refractivity contribution in [3.63, 3.8) is 0 Å². The fourth-order valence-corrected chi connectivity index (χ4v) is 4.16. The van der Waals surface area contributed by atoms with Crippen LogP contribution in [0.5, 0.6) is 0 Å². The summed E-state index contributed by atoms with van der Waals surface area (Å²) in [5.41, 5.74) is 3.87. The minimum absolute atomic E-state index is 0. The number of nitrogens with one attached hydrogen (secondary N) is 2. The molecule has 0 spiro atoms. The van der Waals surface area contributed by atoms with Gasteiger partial charge in [0.25, 0.3) is 0 Å². The molecule has 0 aliphatic carbocycles. The quantitative estimate of drug-likeness (QED) is 0.346. The second-order valence-corrected chi connectivity index (χ2v) is 7.38. The van der Waals surface area contributed by atoms with E-state index in [-0.39, 0.29) is 24.0 Å². The van der Waals surface area contributed by atoms with Gasteiger partial charge in [0.1, 0.15) is 0 Å². The summed E-state index contributed by atoms with van der Waals surface area (Å²) in [7, 11) is 1.81. The first-order chi connectivity index (χ1) is 12.8. The minimum atomic E-state index is 0. The lowest BCUT2D eigenvalue weighted by Crippen LogP contribution is -2.38. The third-order valence-corrected chi connectivity index (χ3v) is 5.71. The molecule has 3 rings (SSSR count). The summed E-state index contributed by atoms with van der Waals surface area (Å²) in [6.07, 6.45) is 4.54. The van der Waals surface area contributed by atoms with Gasteiger partial charge in [-0.25, -0.2) is 4.98 Å². The van der Waals surface area contributed by atoms with Crippen LogP contribution in [0.2, 0.25) is 0 Å². The highest BCUT2D eigenvalue weighted by Crippen LogP contribution is 2.24. The third kappa shape index (κ3) is 6.34. The largest absolute Gasteiger partial charge is 0.356 e. The molecule has 1 aromatic heterocycles. The molecule has 1 fully saturated rings. The summed E-state index contributed by atoms with van der Waals surface area (Å²) in [4.78, 5) is 11.5. The number of thiazole rings is 1. The predicted molar refractivity (Wildman–Crippen MR) is 127 cm³/mol. The van der Waals surface area contributed by atoms with Gasteiger partial charge >= 0.3 is 0 Å². The zero-order valence-electron chi connectivity index (χ0n) is 16.2. The Morgan fingerprint density at radius 2 is 1.93 bits per heavy atom. The summed E-state index contributed by atoms with van der Waals surface area (Å²) < 4.78 is 0. The molecule has 7 heteroatoms. The lowest BCUT2D eigenvalue weighted by molar-refractivity contribution is 0.782. The maximum Gasteiger partial charge on any atom is 0.191 e. The Balaban J connectivity index is 0.00000261. The zero-order valence-corrected chi connectivity index (χ0v) is 19.3. The molecule has 1 aromatic carbocycles. The summed E-state index contributed by atoms with van der Waals surface area (Å²) in [5, 5.41) is 10.2. The van der Waals surface area contributed by atoms with E-state index < -0.39 is 0 Å². The van der Waals surface area contributed by atoms with E-state index in [1.54, 1.807) is 11.3 Å². The van der Waals surface area contributed by atoms with E-state index in [0.29, 0.717) is 0 Å². The number of nitrogens with zero attached hydrogens (tertiary/aromatic N) is 3. The summed E-state index contributed by atoms with van der Waals surface area (Å²) in [5.74, 6) is 0.839. The van der Waals surface area contributed by atoms with Crippen LogP contribution in [-0.4, -0.2) is 37.6 Å². The van der Waals surface area contributed by atoms with Crippen LogP contribution < -0.4 is 15.5 Å². The standard InChI is InChI=1S/C20H29N5S.HI/c1-3-16-8-4-5-9-17(16)14-23-19(21-2)22-11-10-18-15-26-20(24-18)25-12-6-7-13-25;/h4-5,8-9,15H,3,6-7,10-14H2,1-2H3,(H2,21,22,23);1H. The van der Waals surface area contributed by atoms with Crippen molar-refractivity contribution < 1.29 is 0 Å². The van der Waals surface area contributed by atoms with Crippen LogP contribution in [0.3, 0.4) is 0 Å². The van der Waals surface area contributed by atoms with Crippen LogP contribution in [0.15, 0.2) is 34.6 Å². The van der Waals surface area contributed by atoms with Crippen LogP contribution >= 0.6 is 35.3 Å². The lowest BCUT2D eigenvalue weighted by Gasteiger charge is -2.13. The number of guanidine groups is 1. The van der Waals surface area contributed by atoms with Gasteiger partial charge in [0, 0.05) is 45.0 Å². The van der Waals surface area contributed by atoms with Crippen molar-refractivity contribution in [3.8, 4) is 0 Å². The summed E-state index contributed by atoms with van der Waals surface area (Å²) in [6.45, 7) is 6.12. The van der Waals surface area contributed by atoms with E-state index in [0.717, 1.165) is 50.7 Å². The first-order valence-electron chi connectivity index (χ1n) is 9.50. The van der Waals surface area contributed by atoms with Gasteiger partial charge in [0.15, 0.2) is 11.1 Å². The van der Waals surface area contributed by atoms with Crippen molar-refractivity contribution >= 4 is 46.4 Å². The van der Waals surface area contributed by atoms with Crippen LogP contribution in [-0.2, 0) is 19.4 Å². The van der Waals surface area contributed by atoms with E-state index in [2.05, 4.69) is 57.1 Å². The smallest absolute Gasteiger partial charge is 0.191 e. The number of benzene rings is 1. The highest BCUT2D eigenvalue weighted by Gasteiger charge is 2.15. The van der Waals surface area contributed by atoms with Gasteiger partial charge in [-0.2, -0.15) is 0 Å². The molecule has 2 N–H and O–H groups in total. The molecule has 0 unspecified atom stereocenters. The van der Waals surface area contributed by atoms with Crippen molar-refractivity contribution in [3.05, 3.63) is 46.5 Å². The predicted octanol–water partition coefficient (Wildman–Crippen LogP) is 3.83. The zero-order chi connectivity index (χ0) is 18.2. The van der Waals surface area contributed by atoms with Crippen molar-refractivity contribution in [2.75, 3.05) is 31.6 Å². The fourth-order valence-electron chi connectivity index (χ4n) is 3.25. The van der Waals surface area contributed by atoms with E-state index >= 15 is 0 Å². The number of hydrogen-bond acceptors (Lipinski definition) is 4. The molecule has 148 valence electrons. The molecule has 1 aliphatic heterocycles. The van der Waals surface area contributed by atoms with Gasteiger partial charge in [-0.15, -0.1) is 35.3 Å². The lowest BCUT2D eigenvalue weighted by atomic mass is 10.1. The van der Waals surface area contributed by atoms with Crippen molar-refractivity contribution in [1.29, 1.82) is 0 Å². The summed E-state index contributed by atoms with van der Waals surface area (Å²) >= 11 is 1.76. The summed E-state index contributed by atoms with van der Waals surface area (Å²) in [6, 6.07) is 8.55. The monoisotopic (exact) mass is 499 g/mol. The molecule has 2 aromatic rings. The average Bonchev–Trinajstić information content (AvgIpc) is 3.36. The SMILES string of the molecule is CCc1ccccc1CNC(=NC)NCCc1csc(N2CCCC2)n1.I. The van der Waals surface area contributed by atoms with Crippen LogP contribution in [0.4, 0.5) is 5.13 Å². The first kappa shape index (κ1) is 21.9.